The number of rotatable bonds is 3. The second-order valence-corrected chi connectivity index (χ2v) is 4.90. The van der Waals surface area contributed by atoms with Crippen molar-refractivity contribution in [2.45, 2.75) is 20.4 Å². The van der Waals surface area contributed by atoms with Crippen molar-refractivity contribution in [3.8, 4) is 0 Å². The molecule has 3 rings (SSSR count). The molecule has 0 saturated heterocycles. The molecule has 0 radical (unpaired) electrons. The Morgan fingerprint density at radius 1 is 1.24 bits per heavy atom. The summed E-state index contributed by atoms with van der Waals surface area (Å²) in [6, 6.07) is 4.95. The number of fused-ring (bicyclic) bond motifs is 1. The van der Waals surface area contributed by atoms with Gasteiger partial charge in [0.1, 0.15) is 5.82 Å². The Kier molecular flexibility index (Phi) is 3.13. The summed E-state index contributed by atoms with van der Waals surface area (Å²) in [6.07, 6.45) is 3.47. The van der Waals surface area contributed by atoms with Gasteiger partial charge in [-0.1, -0.05) is 0 Å². The number of carboxylic acid groups (broad SMARTS) is 1. The maximum atomic E-state index is 11.0. The third-order valence-corrected chi connectivity index (χ3v) is 3.34. The van der Waals surface area contributed by atoms with Gasteiger partial charge in [0, 0.05) is 6.20 Å². The molecule has 0 bridgehead atoms. The molecule has 0 saturated carbocycles. The van der Waals surface area contributed by atoms with Crippen molar-refractivity contribution >= 4 is 17.0 Å². The van der Waals surface area contributed by atoms with E-state index in [1.165, 1.54) is 0 Å². The van der Waals surface area contributed by atoms with Gasteiger partial charge < -0.3 is 9.67 Å². The molecular weight excluding hydrogens is 268 g/mol. The summed E-state index contributed by atoms with van der Waals surface area (Å²) in [5.74, 6) is -0.136. The molecule has 0 unspecified atom stereocenters. The molecule has 6 heteroatoms. The van der Waals surface area contributed by atoms with Crippen LogP contribution in [0.15, 0.2) is 30.6 Å². The van der Waals surface area contributed by atoms with Crippen LogP contribution in [0.1, 0.15) is 27.6 Å². The topological polar surface area (TPSA) is 80.9 Å². The summed E-state index contributed by atoms with van der Waals surface area (Å²) in [5, 5.41) is 9.03. The fourth-order valence-corrected chi connectivity index (χ4v) is 2.25. The van der Waals surface area contributed by atoms with Gasteiger partial charge in [-0.25, -0.2) is 9.78 Å². The molecule has 21 heavy (non-hydrogen) atoms. The number of aromatic nitrogens is 4. The number of aryl methyl sites for hydroxylation is 2. The normalized spacial score (nSPS) is 11.0. The maximum Gasteiger partial charge on any atom is 0.335 e. The maximum absolute atomic E-state index is 11.0. The van der Waals surface area contributed by atoms with Crippen molar-refractivity contribution in [2.75, 3.05) is 0 Å². The van der Waals surface area contributed by atoms with Crippen LogP contribution in [0.5, 0.6) is 0 Å². The minimum atomic E-state index is -0.950. The average molecular weight is 282 g/mol. The Morgan fingerprint density at radius 3 is 2.71 bits per heavy atom. The zero-order chi connectivity index (χ0) is 15.0. The van der Waals surface area contributed by atoms with E-state index < -0.39 is 5.97 Å². The van der Waals surface area contributed by atoms with Crippen molar-refractivity contribution in [3.63, 3.8) is 0 Å². The number of carboxylic acids is 1. The van der Waals surface area contributed by atoms with Crippen molar-refractivity contribution in [3.05, 3.63) is 53.4 Å². The number of carbonyl (C=O) groups is 1. The van der Waals surface area contributed by atoms with E-state index in [0.717, 1.165) is 22.7 Å². The van der Waals surface area contributed by atoms with Crippen molar-refractivity contribution in [1.29, 1.82) is 0 Å². The van der Waals surface area contributed by atoms with E-state index in [9.17, 15) is 4.79 Å². The zero-order valence-electron chi connectivity index (χ0n) is 11.7. The van der Waals surface area contributed by atoms with Gasteiger partial charge >= 0.3 is 5.97 Å². The lowest BCUT2D eigenvalue weighted by Crippen LogP contribution is -2.04. The van der Waals surface area contributed by atoms with Crippen LogP contribution in [0.2, 0.25) is 0 Å². The van der Waals surface area contributed by atoms with Gasteiger partial charge in [0.05, 0.1) is 40.7 Å². The highest BCUT2D eigenvalue weighted by Gasteiger charge is 2.11. The molecule has 0 atom stereocenters. The lowest BCUT2D eigenvalue weighted by Gasteiger charge is -2.06. The highest BCUT2D eigenvalue weighted by atomic mass is 16.4. The first-order valence-corrected chi connectivity index (χ1v) is 6.52. The van der Waals surface area contributed by atoms with Crippen LogP contribution >= 0.6 is 0 Å². The van der Waals surface area contributed by atoms with Gasteiger partial charge in [-0.2, -0.15) is 0 Å². The molecule has 2 heterocycles. The first-order valence-electron chi connectivity index (χ1n) is 6.52. The van der Waals surface area contributed by atoms with Crippen molar-refractivity contribution in [1.82, 2.24) is 19.5 Å². The number of hydrogen-bond acceptors (Lipinski definition) is 4. The quantitative estimate of drug-likeness (QED) is 0.796. The molecule has 0 amide bonds. The summed E-state index contributed by atoms with van der Waals surface area (Å²) in [7, 11) is 0. The molecular formula is C15H14N4O2. The van der Waals surface area contributed by atoms with E-state index in [1.54, 1.807) is 30.6 Å². The molecule has 106 valence electrons. The number of aromatic carboxylic acids is 1. The van der Waals surface area contributed by atoms with Gasteiger partial charge in [-0.3, -0.25) is 9.97 Å². The molecule has 1 aromatic carbocycles. The number of imidazole rings is 1. The Hall–Kier alpha value is -2.76. The van der Waals surface area contributed by atoms with Gasteiger partial charge in [-0.15, -0.1) is 0 Å². The van der Waals surface area contributed by atoms with Crippen molar-refractivity contribution in [2.24, 2.45) is 0 Å². The van der Waals surface area contributed by atoms with Gasteiger partial charge in [0.25, 0.3) is 0 Å². The molecule has 2 aromatic heterocycles. The standard InChI is InChI=1S/C15H14N4O2/c1-9-6-17-12(7-16-9)8-19-10(2)18-13-5-11(15(20)21)3-4-14(13)19/h3-7H,8H2,1-2H3,(H,20,21). The number of hydrogen-bond donors (Lipinski definition) is 1. The zero-order valence-corrected chi connectivity index (χ0v) is 11.7. The van der Waals surface area contributed by atoms with E-state index in [1.807, 2.05) is 18.4 Å². The third-order valence-electron chi connectivity index (χ3n) is 3.34. The predicted octanol–water partition coefficient (Wildman–Crippen LogP) is 2.19. The Labute approximate surface area is 121 Å². The largest absolute Gasteiger partial charge is 0.478 e. The highest BCUT2D eigenvalue weighted by molar-refractivity contribution is 5.92. The second kappa shape index (κ2) is 4.97. The van der Waals surface area contributed by atoms with Crippen LogP contribution in [-0.2, 0) is 6.54 Å². The Balaban J connectivity index is 2.04. The SMILES string of the molecule is Cc1cnc(Cn2c(C)nc3cc(C(=O)O)ccc32)cn1. The van der Waals surface area contributed by atoms with Gasteiger partial charge in [0.15, 0.2) is 0 Å². The lowest BCUT2D eigenvalue weighted by molar-refractivity contribution is 0.0697. The average Bonchev–Trinajstić information content (AvgIpc) is 2.76. The van der Waals surface area contributed by atoms with Crippen LogP contribution < -0.4 is 0 Å². The second-order valence-electron chi connectivity index (χ2n) is 4.90. The summed E-state index contributed by atoms with van der Waals surface area (Å²) in [6.45, 7) is 4.34. The summed E-state index contributed by atoms with van der Waals surface area (Å²) >= 11 is 0. The third kappa shape index (κ3) is 2.47. The monoisotopic (exact) mass is 282 g/mol. The van der Waals surface area contributed by atoms with Crippen LogP contribution in [0.3, 0.4) is 0 Å². The van der Waals surface area contributed by atoms with Crippen LogP contribution in [0.4, 0.5) is 0 Å². The molecule has 0 aliphatic rings. The molecule has 1 N–H and O–H groups in total. The summed E-state index contributed by atoms with van der Waals surface area (Å²) in [5.41, 5.74) is 3.51. The van der Waals surface area contributed by atoms with Crippen LogP contribution in [0, 0.1) is 13.8 Å². The highest BCUT2D eigenvalue weighted by Crippen LogP contribution is 2.19. The predicted molar refractivity (Wildman–Crippen MR) is 77.3 cm³/mol. The molecule has 0 fully saturated rings. The van der Waals surface area contributed by atoms with E-state index in [4.69, 9.17) is 5.11 Å². The minimum absolute atomic E-state index is 0.238. The number of nitrogens with zero attached hydrogens (tertiary/aromatic N) is 4. The van der Waals surface area contributed by atoms with E-state index in [0.29, 0.717) is 12.1 Å². The van der Waals surface area contributed by atoms with E-state index >= 15 is 0 Å². The molecule has 6 nitrogen and oxygen atoms in total. The van der Waals surface area contributed by atoms with Crippen LogP contribution in [0.25, 0.3) is 11.0 Å². The van der Waals surface area contributed by atoms with E-state index in [2.05, 4.69) is 15.0 Å². The van der Waals surface area contributed by atoms with Gasteiger partial charge in [-0.05, 0) is 32.0 Å². The fourth-order valence-electron chi connectivity index (χ4n) is 2.25. The molecule has 0 aliphatic heterocycles. The lowest BCUT2D eigenvalue weighted by atomic mass is 10.2. The van der Waals surface area contributed by atoms with Gasteiger partial charge in [0.2, 0.25) is 0 Å². The summed E-state index contributed by atoms with van der Waals surface area (Å²) in [4.78, 5) is 24.0. The first-order chi connectivity index (χ1) is 10.0. The molecule has 0 aliphatic carbocycles. The Bertz CT molecular complexity index is 822. The molecule has 3 aromatic rings. The van der Waals surface area contributed by atoms with E-state index in [-0.39, 0.29) is 5.56 Å². The fraction of sp³-hybridized carbons (Fsp3) is 0.200. The van der Waals surface area contributed by atoms with Crippen LogP contribution in [-0.4, -0.2) is 30.6 Å². The smallest absolute Gasteiger partial charge is 0.335 e. The number of benzene rings is 1. The molecule has 0 spiro atoms. The Morgan fingerprint density at radius 2 is 2.05 bits per heavy atom. The van der Waals surface area contributed by atoms with Crippen molar-refractivity contribution < 1.29 is 9.90 Å². The first kappa shape index (κ1) is 13.2. The minimum Gasteiger partial charge on any atom is -0.478 e. The summed E-state index contributed by atoms with van der Waals surface area (Å²) < 4.78 is 2.00.